The van der Waals surface area contributed by atoms with Crippen LogP contribution < -0.4 is 5.32 Å². The van der Waals surface area contributed by atoms with Crippen LogP contribution in [0.2, 0.25) is 0 Å². The lowest BCUT2D eigenvalue weighted by Gasteiger charge is -2.21. The Morgan fingerprint density at radius 2 is 2.00 bits per heavy atom. The first-order valence-corrected chi connectivity index (χ1v) is 5.96. The molecule has 0 radical (unpaired) electrons. The van der Waals surface area contributed by atoms with Gasteiger partial charge in [-0.25, -0.2) is 4.98 Å². The third-order valence-corrected chi connectivity index (χ3v) is 3.55. The highest BCUT2D eigenvalue weighted by Gasteiger charge is 2.41. The van der Waals surface area contributed by atoms with E-state index in [2.05, 4.69) is 27.4 Å². The van der Waals surface area contributed by atoms with Gasteiger partial charge in [0, 0.05) is 6.04 Å². The van der Waals surface area contributed by atoms with E-state index < -0.39 is 0 Å². The SMILES string of the molecule is CC(NC(C1CC1)C1CC1)c1ncn[nH]1. The second-order valence-electron chi connectivity index (χ2n) is 4.96. The summed E-state index contributed by atoms with van der Waals surface area (Å²) < 4.78 is 0. The van der Waals surface area contributed by atoms with Crippen LogP contribution in [-0.4, -0.2) is 21.2 Å². The van der Waals surface area contributed by atoms with Crippen LogP contribution in [0.25, 0.3) is 0 Å². The standard InChI is InChI=1S/C11H18N4/c1-7(11-12-6-13-15-11)14-10(8-2-3-8)9-4-5-9/h6-10,14H,2-5H2,1H3,(H,12,13,15). The summed E-state index contributed by atoms with van der Waals surface area (Å²) in [5, 5.41) is 10.5. The van der Waals surface area contributed by atoms with Crippen molar-refractivity contribution in [1.82, 2.24) is 20.5 Å². The number of hydrogen-bond acceptors (Lipinski definition) is 3. The first-order valence-electron chi connectivity index (χ1n) is 5.96. The molecule has 0 bridgehead atoms. The molecule has 3 rings (SSSR count). The molecular weight excluding hydrogens is 188 g/mol. The van der Waals surface area contributed by atoms with Crippen molar-refractivity contribution in [3.8, 4) is 0 Å². The molecule has 1 heterocycles. The zero-order valence-corrected chi connectivity index (χ0v) is 9.11. The molecule has 15 heavy (non-hydrogen) atoms. The Bertz CT molecular complexity index is 301. The molecule has 1 unspecified atom stereocenters. The molecule has 0 aliphatic heterocycles. The van der Waals surface area contributed by atoms with E-state index >= 15 is 0 Å². The fourth-order valence-corrected chi connectivity index (χ4v) is 2.36. The summed E-state index contributed by atoms with van der Waals surface area (Å²) in [6.45, 7) is 2.16. The van der Waals surface area contributed by atoms with Gasteiger partial charge in [-0.1, -0.05) is 0 Å². The number of rotatable bonds is 5. The van der Waals surface area contributed by atoms with Gasteiger partial charge in [0.05, 0.1) is 6.04 Å². The molecule has 82 valence electrons. The normalized spacial score (nSPS) is 23.3. The number of aromatic nitrogens is 3. The Morgan fingerprint density at radius 3 is 2.47 bits per heavy atom. The van der Waals surface area contributed by atoms with Crippen molar-refractivity contribution in [2.75, 3.05) is 0 Å². The highest BCUT2D eigenvalue weighted by Crippen LogP contribution is 2.45. The van der Waals surface area contributed by atoms with E-state index in [-0.39, 0.29) is 0 Å². The van der Waals surface area contributed by atoms with Gasteiger partial charge in [0.15, 0.2) is 0 Å². The highest BCUT2D eigenvalue weighted by molar-refractivity contribution is 5.00. The van der Waals surface area contributed by atoms with Crippen molar-refractivity contribution in [3.63, 3.8) is 0 Å². The maximum Gasteiger partial charge on any atom is 0.141 e. The second kappa shape index (κ2) is 3.59. The van der Waals surface area contributed by atoms with E-state index in [9.17, 15) is 0 Å². The number of aromatic amines is 1. The minimum atomic E-state index is 0.304. The van der Waals surface area contributed by atoms with Gasteiger partial charge in [-0.2, -0.15) is 5.10 Å². The van der Waals surface area contributed by atoms with Crippen molar-refractivity contribution >= 4 is 0 Å². The average Bonchev–Trinajstić information content (AvgIpc) is 3.15. The number of nitrogens with zero attached hydrogens (tertiary/aromatic N) is 2. The van der Waals surface area contributed by atoms with Gasteiger partial charge in [0.25, 0.3) is 0 Å². The molecule has 1 aromatic heterocycles. The van der Waals surface area contributed by atoms with Gasteiger partial charge in [-0.05, 0) is 44.4 Å². The number of H-pyrrole nitrogens is 1. The van der Waals surface area contributed by atoms with Gasteiger partial charge in [-0.3, -0.25) is 5.10 Å². The van der Waals surface area contributed by atoms with Crippen LogP contribution in [0, 0.1) is 11.8 Å². The first-order chi connectivity index (χ1) is 7.34. The molecule has 0 saturated heterocycles. The van der Waals surface area contributed by atoms with Crippen molar-refractivity contribution in [1.29, 1.82) is 0 Å². The zero-order valence-electron chi connectivity index (χ0n) is 9.11. The molecule has 1 atom stereocenters. The summed E-state index contributed by atoms with van der Waals surface area (Å²) in [5.41, 5.74) is 0. The molecule has 0 aromatic carbocycles. The summed E-state index contributed by atoms with van der Waals surface area (Å²) in [7, 11) is 0. The van der Waals surface area contributed by atoms with Gasteiger partial charge < -0.3 is 5.32 Å². The van der Waals surface area contributed by atoms with Crippen LogP contribution in [0.5, 0.6) is 0 Å². The monoisotopic (exact) mass is 206 g/mol. The molecule has 2 aliphatic rings. The lowest BCUT2D eigenvalue weighted by molar-refractivity contribution is 0.370. The van der Waals surface area contributed by atoms with E-state index in [4.69, 9.17) is 0 Å². The minimum Gasteiger partial charge on any atom is -0.304 e. The van der Waals surface area contributed by atoms with Gasteiger partial charge in [-0.15, -0.1) is 0 Å². The maximum atomic E-state index is 4.20. The van der Waals surface area contributed by atoms with Crippen LogP contribution in [-0.2, 0) is 0 Å². The van der Waals surface area contributed by atoms with E-state index in [0.29, 0.717) is 6.04 Å². The smallest absolute Gasteiger partial charge is 0.141 e. The Labute approximate surface area is 89.9 Å². The lowest BCUT2D eigenvalue weighted by atomic mass is 10.1. The topological polar surface area (TPSA) is 53.6 Å². The summed E-state index contributed by atoms with van der Waals surface area (Å²) in [6, 6.07) is 1.03. The van der Waals surface area contributed by atoms with Crippen molar-refractivity contribution in [2.45, 2.75) is 44.7 Å². The minimum absolute atomic E-state index is 0.304. The summed E-state index contributed by atoms with van der Waals surface area (Å²) >= 11 is 0. The first kappa shape index (κ1) is 9.33. The van der Waals surface area contributed by atoms with Gasteiger partial charge in [0.2, 0.25) is 0 Å². The third-order valence-electron chi connectivity index (χ3n) is 3.55. The maximum absolute atomic E-state index is 4.20. The summed E-state index contributed by atoms with van der Waals surface area (Å²) in [6.07, 6.45) is 7.24. The predicted octanol–water partition coefficient (Wildman–Crippen LogP) is 1.64. The van der Waals surface area contributed by atoms with E-state index in [1.807, 2.05) is 0 Å². The van der Waals surface area contributed by atoms with Crippen LogP contribution in [0.15, 0.2) is 6.33 Å². The molecule has 2 N–H and O–H groups in total. The molecular formula is C11H18N4. The molecule has 2 fully saturated rings. The Balaban J connectivity index is 1.62. The van der Waals surface area contributed by atoms with Crippen LogP contribution in [0.3, 0.4) is 0 Å². The van der Waals surface area contributed by atoms with E-state index in [0.717, 1.165) is 23.7 Å². The molecule has 1 aromatic rings. The van der Waals surface area contributed by atoms with Crippen LogP contribution in [0.1, 0.15) is 44.5 Å². The number of hydrogen-bond donors (Lipinski definition) is 2. The predicted molar refractivity (Wildman–Crippen MR) is 57.2 cm³/mol. The average molecular weight is 206 g/mol. The quantitative estimate of drug-likeness (QED) is 0.770. The fraction of sp³-hybridized carbons (Fsp3) is 0.818. The van der Waals surface area contributed by atoms with Gasteiger partial charge >= 0.3 is 0 Å². The summed E-state index contributed by atoms with van der Waals surface area (Å²) in [5.74, 6) is 2.83. The van der Waals surface area contributed by atoms with Gasteiger partial charge in [0.1, 0.15) is 12.2 Å². The molecule has 2 saturated carbocycles. The zero-order chi connectivity index (χ0) is 10.3. The van der Waals surface area contributed by atoms with E-state index in [1.54, 1.807) is 6.33 Å². The van der Waals surface area contributed by atoms with Crippen molar-refractivity contribution in [2.24, 2.45) is 11.8 Å². The number of nitrogens with one attached hydrogen (secondary N) is 2. The fourth-order valence-electron chi connectivity index (χ4n) is 2.36. The van der Waals surface area contributed by atoms with Crippen molar-refractivity contribution < 1.29 is 0 Å². The largest absolute Gasteiger partial charge is 0.304 e. The van der Waals surface area contributed by atoms with Crippen LogP contribution in [0.4, 0.5) is 0 Å². The van der Waals surface area contributed by atoms with Crippen molar-refractivity contribution in [3.05, 3.63) is 12.2 Å². The lowest BCUT2D eigenvalue weighted by Crippen LogP contribution is -2.35. The third kappa shape index (κ3) is 2.04. The molecule has 4 nitrogen and oxygen atoms in total. The molecule has 2 aliphatic carbocycles. The van der Waals surface area contributed by atoms with E-state index in [1.165, 1.54) is 25.7 Å². The Hall–Kier alpha value is -0.900. The molecule has 0 amide bonds. The Kier molecular flexibility index (Phi) is 2.24. The Morgan fingerprint density at radius 1 is 1.33 bits per heavy atom. The van der Waals surface area contributed by atoms with Crippen LogP contribution >= 0.6 is 0 Å². The summed E-state index contributed by atoms with van der Waals surface area (Å²) in [4.78, 5) is 4.20. The highest BCUT2D eigenvalue weighted by atomic mass is 15.2. The molecule has 0 spiro atoms. The molecule has 4 heteroatoms. The second-order valence-corrected chi connectivity index (χ2v) is 4.96.